The second-order valence-corrected chi connectivity index (χ2v) is 23.6. The molecule has 6 atom stereocenters. The number of ether oxygens (including phenoxy) is 15. The van der Waals surface area contributed by atoms with Crippen LogP contribution in [0, 0.1) is 0 Å². The Hall–Kier alpha value is -5.69. The number of epoxide rings is 5. The molecule has 6 aliphatic rings. The van der Waals surface area contributed by atoms with E-state index in [0.29, 0.717) is 177 Å². The lowest BCUT2D eigenvalue weighted by Gasteiger charge is -2.27. The molecule has 1 N–H and O–H groups in total. The lowest BCUT2D eigenvalue weighted by molar-refractivity contribution is 0.118. The van der Waals surface area contributed by atoms with E-state index in [1.807, 2.05) is 121 Å². The summed E-state index contributed by atoms with van der Waals surface area (Å²) in [4.78, 5) is 3.34. The van der Waals surface area contributed by atoms with E-state index in [4.69, 9.17) is 80.1 Å². The molecule has 6 unspecified atom stereocenters. The maximum Gasteiger partial charge on any atom is 0.311 e. The third kappa shape index (κ3) is 17.5. The molecule has 0 amide bonds. The van der Waals surface area contributed by atoms with Crippen LogP contribution >= 0.6 is 25.5 Å². The van der Waals surface area contributed by atoms with E-state index < -0.39 is 8.45 Å². The average molecular weight is 1190 g/mol. The van der Waals surface area contributed by atoms with Crippen molar-refractivity contribution in [3.05, 3.63) is 149 Å². The van der Waals surface area contributed by atoms with E-state index in [9.17, 15) is 0 Å². The Kier molecular flexibility index (Phi) is 20.5. The molecular weight excluding hydrogens is 1120 g/mol. The van der Waals surface area contributed by atoms with Gasteiger partial charge in [-0.25, -0.2) is 0 Å². The van der Waals surface area contributed by atoms with Gasteiger partial charge in [-0.1, -0.05) is 91.0 Å². The highest BCUT2D eigenvalue weighted by molar-refractivity contribution is 7.64. The number of nitrogens with one attached hydrogen (secondary N) is 1. The van der Waals surface area contributed by atoms with Crippen LogP contribution in [0.4, 0.5) is 0 Å². The van der Waals surface area contributed by atoms with Gasteiger partial charge in [-0.2, -0.15) is 13.9 Å². The number of para-hydroxylation sites is 5. The van der Waals surface area contributed by atoms with Crippen LogP contribution in [-0.4, -0.2) is 130 Å². The van der Waals surface area contributed by atoms with Crippen LogP contribution in [-0.2, 0) is 79.5 Å². The highest BCUT2D eigenvalue weighted by Gasteiger charge is 2.38. The van der Waals surface area contributed by atoms with Crippen LogP contribution in [0.3, 0.4) is 0 Å². The van der Waals surface area contributed by atoms with Crippen molar-refractivity contribution < 1.29 is 75.6 Å². The number of hydrogen-bond donors (Lipinski definition) is 1. The first-order chi connectivity index (χ1) is 41.1. The zero-order valence-electron chi connectivity index (χ0n) is 45.8. The van der Waals surface area contributed by atoms with Gasteiger partial charge < -0.3 is 75.6 Å². The average Bonchev–Trinajstić information content (AvgIpc) is 3.33. The van der Waals surface area contributed by atoms with Gasteiger partial charge in [0, 0.05) is 0 Å². The summed E-state index contributed by atoms with van der Waals surface area (Å²) in [6, 6.07) is 39.2. The molecule has 83 heavy (non-hydrogen) atoms. The van der Waals surface area contributed by atoms with Crippen molar-refractivity contribution in [3.8, 4) is 63.2 Å². The van der Waals surface area contributed by atoms with Gasteiger partial charge in [-0.15, -0.1) is 0 Å². The maximum atomic E-state index is 7.49. The minimum absolute atomic E-state index is 0.110. The Morgan fingerprint density at radius 1 is 0.373 bits per heavy atom. The van der Waals surface area contributed by atoms with E-state index in [1.54, 1.807) is 0 Å². The molecule has 19 nitrogen and oxygen atoms in total. The molecule has 436 valence electrons. The van der Waals surface area contributed by atoms with Crippen molar-refractivity contribution in [2.45, 2.75) is 62.6 Å². The lowest BCUT2D eigenvalue weighted by Crippen LogP contribution is -2.09. The van der Waals surface area contributed by atoms with Crippen LogP contribution < -0.4 is 33.1 Å². The van der Waals surface area contributed by atoms with Crippen molar-refractivity contribution in [2.75, 3.05) is 99.1 Å². The molecule has 12 rings (SSSR count). The topological polar surface area (TPSA) is 201 Å². The fraction of sp³-hybridized carbons (Fsp3) is 0.410. The molecule has 0 radical (unpaired) electrons. The van der Waals surface area contributed by atoms with Crippen molar-refractivity contribution in [1.82, 2.24) is 4.86 Å². The summed E-state index contributed by atoms with van der Waals surface area (Å²) in [7, 11) is -0.752. The Bertz CT molecular complexity index is 3000. The fourth-order valence-electron chi connectivity index (χ4n) is 8.85. The van der Waals surface area contributed by atoms with Gasteiger partial charge in [0.25, 0.3) is 0 Å². The van der Waals surface area contributed by atoms with Gasteiger partial charge in [-0.05, 0) is 90.3 Å². The van der Waals surface area contributed by atoms with Crippen molar-refractivity contribution in [3.63, 3.8) is 0 Å². The van der Waals surface area contributed by atoms with Gasteiger partial charge in [0.15, 0.2) is 8.52 Å². The predicted molar refractivity (Wildman–Crippen MR) is 310 cm³/mol. The smallest absolute Gasteiger partial charge is 0.311 e. The summed E-state index contributed by atoms with van der Waals surface area (Å²) in [6.07, 6.45) is 3.12. The number of rotatable bonds is 37. The Morgan fingerprint density at radius 2 is 0.627 bits per heavy atom. The Balaban J connectivity index is 1.06. The third-order valence-corrected chi connectivity index (χ3v) is 16.8. The molecule has 0 aromatic heterocycles. The first-order valence-corrected chi connectivity index (χ1v) is 31.0. The van der Waals surface area contributed by atoms with Crippen LogP contribution in [0.25, 0.3) is 0 Å². The molecule has 22 heteroatoms. The molecule has 0 bridgehead atoms. The minimum atomic E-state index is -1.81. The molecule has 6 aromatic carbocycles. The van der Waals surface area contributed by atoms with Crippen molar-refractivity contribution in [1.29, 1.82) is 0 Å². The van der Waals surface area contributed by atoms with Crippen molar-refractivity contribution >= 4 is 25.5 Å². The molecule has 0 spiro atoms. The summed E-state index contributed by atoms with van der Waals surface area (Å²) in [6.45, 7) is 8.07. The van der Waals surface area contributed by atoms with E-state index in [0.717, 1.165) is 27.8 Å². The normalized spacial score (nSPS) is 21.0. The molecule has 5 saturated heterocycles. The second-order valence-electron chi connectivity index (χ2n) is 20.3. The number of benzene rings is 6. The second kappa shape index (κ2) is 29.4. The van der Waals surface area contributed by atoms with E-state index >= 15 is 0 Å². The number of hydrogen-bond acceptors (Lipinski definition) is 19. The Morgan fingerprint density at radius 3 is 0.867 bits per heavy atom. The summed E-state index contributed by atoms with van der Waals surface area (Å²) < 4.78 is 112. The lowest BCUT2D eigenvalue weighted by atomic mass is 10.1. The van der Waals surface area contributed by atoms with Crippen LogP contribution in [0.2, 0.25) is 0 Å². The zero-order valence-corrected chi connectivity index (χ0v) is 48.5. The van der Waals surface area contributed by atoms with Crippen LogP contribution in [0.15, 0.2) is 130 Å². The summed E-state index contributed by atoms with van der Waals surface area (Å²) in [5.74, 6) is 3.26. The molecule has 6 aliphatic heterocycles. The first kappa shape index (κ1) is 57.7. The summed E-state index contributed by atoms with van der Waals surface area (Å²) in [5, 5.41) is 0. The Labute approximate surface area is 487 Å². The van der Waals surface area contributed by atoms with Gasteiger partial charge in [-0.3, -0.25) is 0 Å². The summed E-state index contributed by atoms with van der Waals surface area (Å²) in [5.41, 5.74) is 4.30. The SMILES string of the molecule is c1ccc(Oc2c(Oc3ccccc3CCOCC3CO3)c(Oc3ccccc3CCOCC3CO3)c(OP3N=PN=PN3)c(Oc3ccccc3CCOCC3CO3)c2Oc2ccccc2CCOCC2CO2)c(CCOCC2CO2)c1. The molecule has 6 heterocycles. The van der Waals surface area contributed by atoms with Gasteiger partial charge >= 0.3 is 8.45 Å². The van der Waals surface area contributed by atoms with Gasteiger partial charge in [0.2, 0.25) is 34.5 Å². The van der Waals surface area contributed by atoms with Crippen LogP contribution in [0.1, 0.15) is 27.8 Å². The molecular formula is C61H66N3O16P3. The highest BCUT2D eigenvalue weighted by atomic mass is 31.2. The van der Waals surface area contributed by atoms with E-state index in [2.05, 4.69) is 9.37 Å². The monoisotopic (exact) mass is 1190 g/mol. The van der Waals surface area contributed by atoms with Gasteiger partial charge in [0.05, 0.1) is 99.1 Å². The third-order valence-electron chi connectivity index (χ3n) is 13.8. The fourth-order valence-corrected chi connectivity index (χ4v) is 11.8. The first-order valence-electron chi connectivity index (χ1n) is 28.2. The molecule has 0 saturated carbocycles. The summed E-state index contributed by atoms with van der Waals surface area (Å²) >= 11 is 0. The van der Waals surface area contributed by atoms with E-state index in [-0.39, 0.29) is 65.0 Å². The largest absolute Gasteiger partial charge is 0.449 e. The quantitative estimate of drug-likeness (QED) is 0.0219. The van der Waals surface area contributed by atoms with Gasteiger partial charge in [0.1, 0.15) is 67.8 Å². The predicted octanol–water partition coefficient (Wildman–Crippen LogP) is 12.7. The molecule has 0 aliphatic carbocycles. The highest BCUT2D eigenvalue weighted by Crippen LogP contribution is 2.65. The van der Waals surface area contributed by atoms with Crippen molar-refractivity contribution in [2.24, 2.45) is 9.03 Å². The molecule has 5 fully saturated rings. The minimum Gasteiger partial charge on any atom is -0.449 e. The maximum absolute atomic E-state index is 7.49. The number of nitrogens with zero attached hydrogens (tertiary/aromatic N) is 2. The van der Waals surface area contributed by atoms with Crippen LogP contribution in [0.5, 0.6) is 63.2 Å². The zero-order chi connectivity index (χ0) is 55.8. The standard InChI is InChI=1S/C61H66N3O16P3/c1-6-16-51(41(11-1)21-26-65-31-46-36-70-46)75-56-57(76-52-17-7-2-12-42(52)22-27-66-32-47-37-71-47)59(78-54-19-9-4-14-44(54)24-29-68-34-49-39-73-49)61(80-83-63-81-62-82-64-83)60(79-55-20-10-5-15-45(55)25-30-69-35-50-40-74-50)58(56)77-53-18-8-3-13-43(53)23-28-67-33-48-38-72-48/h1-20,46-50H,21-40H2,(H,62,63,64). The molecule has 6 aromatic rings. The van der Waals surface area contributed by atoms with E-state index in [1.165, 1.54) is 0 Å².